The maximum Gasteiger partial charge on any atom is 0.265 e. The van der Waals surface area contributed by atoms with Crippen LogP contribution in [0.15, 0.2) is 36.9 Å². The van der Waals surface area contributed by atoms with Gasteiger partial charge >= 0.3 is 0 Å². The molecule has 2 rings (SSSR count). The summed E-state index contributed by atoms with van der Waals surface area (Å²) >= 11 is 5.84. The smallest absolute Gasteiger partial charge is 0.265 e. The van der Waals surface area contributed by atoms with Crippen LogP contribution in [0.5, 0.6) is 0 Å². The molecule has 0 aliphatic carbocycles. The number of nitrogens with zero attached hydrogens (tertiary/aromatic N) is 3. The number of rotatable bonds is 4. The van der Waals surface area contributed by atoms with Crippen molar-refractivity contribution in [3.63, 3.8) is 0 Å². The first-order chi connectivity index (χ1) is 7.78. The number of aromatic nitrogens is 3. The highest BCUT2D eigenvalue weighted by Gasteiger charge is 2.04. The maximum atomic E-state index is 5.84. The molecule has 0 radical (unpaired) electrons. The zero-order valence-electron chi connectivity index (χ0n) is 9.68. The standard InChI is InChI=1S/C12H15ClN3.ClH/c1-2-7-16-10-15(9-14-16)8-11-3-5-12(13)6-4-11;/h3-6,9-10H,2,7-8H2,1H3;1H/q+1;/p-1. The molecule has 0 fully saturated rings. The highest BCUT2D eigenvalue weighted by atomic mass is 35.5. The lowest BCUT2D eigenvalue weighted by Gasteiger charge is -1.97. The quantitative estimate of drug-likeness (QED) is 0.674. The van der Waals surface area contributed by atoms with E-state index in [2.05, 4.69) is 16.6 Å². The molecule has 0 aliphatic heterocycles. The van der Waals surface area contributed by atoms with Crippen LogP contribution in [-0.4, -0.2) is 9.78 Å². The fourth-order valence-corrected chi connectivity index (χ4v) is 1.72. The second kappa shape index (κ2) is 6.62. The Labute approximate surface area is 112 Å². The van der Waals surface area contributed by atoms with E-state index in [9.17, 15) is 0 Å². The molecule has 0 saturated carbocycles. The van der Waals surface area contributed by atoms with Gasteiger partial charge in [-0.05, 0) is 24.1 Å². The molecule has 0 bridgehead atoms. The van der Waals surface area contributed by atoms with Crippen molar-refractivity contribution < 1.29 is 17.0 Å². The summed E-state index contributed by atoms with van der Waals surface area (Å²) in [5.74, 6) is 0. The number of aryl methyl sites for hydroxylation is 1. The molecule has 0 unspecified atom stereocenters. The van der Waals surface area contributed by atoms with Gasteiger partial charge in [0.05, 0.1) is 6.54 Å². The molecule has 2 aromatic rings. The zero-order chi connectivity index (χ0) is 11.4. The third-order valence-electron chi connectivity index (χ3n) is 2.36. The molecule has 3 nitrogen and oxygen atoms in total. The van der Waals surface area contributed by atoms with Crippen molar-refractivity contribution in [1.82, 2.24) is 9.78 Å². The van der Waals surface area contributed by atoms with Crippen molar-refractivity contribution in [3.05, 3.63) is 47.5 Å². The summed E-state index contributed by atoms with van der Waals surface area (Å²) in [4.78, 5) is 0. The minimum atomic E-state index is 0. The van der Waals surface area contributed by atoms with Gasteiger partial charge in [-0.25, -0.2) is 4.57 Å². The first-order valence-corrected chi connectivity index (χ1v) is 5.81. The van der Waals surface area contributed by atoms with Crippen LogP contribution in [0, 0.1) is 0 Å². The lowest BCUT2D eigenvalue weighted by Crippen LogP contribution is -3.00. The van der Waals surface area contributed by atoms with Crippen LogP contribution in [0.25, 0.3) is 0 Å². The van der Waals surface area contributed by atoms with Crippen LogP contribution in [0.3, 0.4) is 0 Å². The molecular formula is C12H15Cl2N3. The molecular weight excluding hydrogens is 257 g/mol. The van der Waals surface area contributed by atoms with E-state index in [1.54, 1.807) is 0 Å². The van der Waals surface area contributed by atoms with Crippen molar-refractivity contribution in [2.75, 3.05) is 0 Å². The van der Waals surface area contributed by atoms with Crippen molar-refractivity contribution in [1.29, 1.82) is 0 Å². The molecule has 17 heavy (non-hydrogen) atoms. The Morgan fingerprint density at radius 2 is 2.00 bits per heavy atom. The average Bonchev–Trinajstić information content (AvgIpc) is 2.70. The molecule has 0 spiro atoms. The molecule has 0 atom stereocenters. The molecule has 0 aliphatic rings. The normalized spacial score (nSPS) is 10.0. The fraction of sp³-hybridized carbons (Fsp3) is 0.333. The molecule has 0 N–H and O–H groups in total. The van der Waals surface area contributed by atoms with Gasteiger partial charge in [-0.2, -0.15) is 0 Å². The Balaban J connectivity index is 0.00000144. The topological polar surface area (TPSA) is 21.7 Å². The predicted octanol–water partition coefficient (Wildman–Crippen LogP) is -0.714. The number of halogens is 2. The lowest BCUT2D eigenvalue weighted by atomic mass is 10.2. The summed E-state index contributed by atoms with van der Waals surface area (Å²) in [7, 11) is 0. The lowest BCUT2D eigenvalue weighted by molar-refractivity contribution is -0.689. The van der Waals surface area contributed by atoms with Gasteiger partial charge in [-0.15, -0.1) is 4.68 Å². The second-order valence-corrected chi connectivity index (χ2v) is 4.24. The monoisotopic (exact) mass is 271 g/mol. The predicted molar refractivity (Wildman–Crippen MR) is 63.3 cm³/mol. The van der Waals surface area contributed by atoms with Gasteiger partial charge < -0.3 is 12.4 Å². The van der Waals surface area contributed by atoms with Crippen LogP contribution < -0.4 is 17.0 Å². The third kappa shape index (κ3) is 4.02. The average molecular weight is 272 g/mol. The molecule has 92 valence electrons. The van der Waals surface area contributed by atoms with Gasteiger partial charge in [-0.3, -0.25) is 0 Å². The number of hydrogen-bond acceptors (Lipinski definition) is 1. The molecule has 0 amide bonds. The van der Waals surface area contributed by atoms with Crippen LogP contribution >= 0.6 is 11.6 Å². The summed E-state index contributed by atoms with van der Waals surface area (Å²) in [6.45, 7) is 3.94. The number of hydrogen-bond donors (Lipinski definition) is 0. The van der Waals surface area contributed by atoms with Gasteiger partial charge in [0.2, 0.25) is 6.33 Å². The van der Waals surface area contributed by atoms with Gasteiger partial charge in [0, 0.05) is 10.1 Å². The minimum absolute atomic E-state index is 0. The summed E-state index contributed by atoms with van der Waals surface area (Å²) in [6.07, 6.45) is 4.98. The Hall–Kier alpha value is -1.06. The largest absolute Gasteiger partial charge is 1.00 e. The van der Waals surface area contributed by atoms with E-state index in [1.165, 1.54) is 5.56 Å². The second-order valence-electron chi connectivity index (χ2n) is 3.81. The molecule has 0 saturated heterocycles. The minimum Gasteiger partial charge on any atom is -1.00 e. The van der Waals surface area contributed by atoms with E-state index in [0.29, 0.717) is 0 Å². The Bertz CT molecular complexity index is 451. The van der Waals surface area contributed by atoms with Crippen molar-refractivity contribution in [2.24, 2.45) is 0 Å². The van der Waals surface area contributed by atoms with E-state index < -0.39 is 0 Å². The molecule has 1 heterocycles. The first kappa shape index (κ1) is 14.0. The van der Waals surface area contributed by atoms with E-state index in [0.717, 1.165) is 24.5 Å². The molecule has 5 heteroatoms. The Morgan fingerprint density at radius 3 is 2.65 bits per heavy atom. The van der Waals surface area contributed by atoms with Crippen molar-refractivity contribution >= 4 is 11.6 Å². The van der Waals surface area contributed by atoms with Gasteiger partial charge in [0.25, 0.3) is 6.33 Å². The van der Waals surface area contributed by atoms with Crippen LogP contribution in [0.4, 0.5) is 0 Å². The van der Waals surface area contributed by atoms with E-state index in [1.807, 2.05) is 41.6 Å². The zero-order valence-corrected chi connectivity index (χ0v) is 11.2. The highest BCUT2D eigenvalue weighted by Crippen LogP contribution is 2.08. The summed E-state index contributed by atoms with van der Waals surface area (Å²) < 4.78 is 4.02. The van der Waals surface area contributed by atoms with Crippen molar-refractivity contribution in [3.8, 4) is 0 Å². The fourth-order valence-electron chi connectivity index (χ4n) is 1.59. The SMILES string of the molecule is CCCn1c[n+](Cc2ccc(Cl)cc2)cn1.[Cl-]. The van der Waals surface area contributed by atoms with E-state index in [4.69, 9.17) is 11.6 Å². The maximum absolute atomic E-state index is 5.84. The Morgan fingerprint density at radius 1 is 1.29 bits per heavy atom. The summed E-state index contributed by atoms with van der Waals surface area (Å²) in [6, 6.07) is 7.89. The molecule has 1 aromatic carbocycles. The first-order valence-electron chi connectivity index (χ1n) is 5.44. The third-order valence-corrected chi connectivity index (χ3v) is 2.61. The molecule has 1 aromatic heterocycles. The van der Waals surface area contributed by atoms with Crippen molar-refractivity contribution in [2.45, 2.75) is 26.4 Å². The van der Waals surface area contributed by atoms with Crippen LogP contribution in [0.1, 0.15) is 18.9 Å². The van der Waals surface area contributed by atoms with E-state index >= 15 is 0 Å². The summed E-state index contributed by atoms with van der Waals surface area (Å²) in [5.41, 5.74) is 1.23. The number of benzene rings is 1. The van der Waals surface area contributed by atoms with Gasteiger partial charge in [0.15, 0.2) is 0 Å². The Kier molecular flexibility index (Phi) is 5.45. The van der Waals surface area contributed by atoms with Crippen LogP contribution in [0.2, 0.25) is 5.02 Å². The van der Waals surface area contributed by atoms with E-state index in [-0.39, 0.29) is 12.4 Å². The summed E-state index contributed by atoms with van der Waals surface area (Å²) in [5, 5.41) is 5.05. The highest BCUT2D eigenvalue weighted by molar-refractivity contribution is 6.30. The van der Waals surface area contributed by atoms with Gasteiger partial charge in [-0.1, -0.05) is 30.7 Å². The van der Waals surface area contributed by atoms with Crippen LogP contribution in [-0.2, 0) is 13.1 Å². The van der Waals surface area contributed by atoms with Gasteiger partial charge in [0.1, 0.15) is 6.54 Å².